The highest BCUT2D eigenvalue weighted by Crippen LogP contribution is 2.57. The second-order valence-electron chi connectivity index (χ2n) is 7.52. The number of ketones is 1. The Hall–Kier alpha value is -1.64. The van der Waals surface area contributed by atoms with Crippen molar-refractivity contribution in [2.75, 3.05) is 7.11 Å². The minimum absolute atomic E-state index is 0.0617. The monoisotopic (exact) mass is 314 g/mol. The Kier molecular flexibility index (Phi) is 4.07. The molecule has 2 fully saturated rings. The summed E-state index contributed by atoms with van der Waals surface area (Å²) in [6, 6.07) is 4.22. The van der Waals surface area contributed by atoms with Crippen LogP contribution in [0.15, 0.2) is 12.1 Å². The van der Waals surface area contributed by atoms with Crippen LogP contribution in [0, 0.1) is 38.0 Å². The van der Waals surface area contributed by atoms with Gasteiger partial charge in [0.05, 0.1) is 7.11 Å². The summed E-state index contributed by atoms with van der Waals surface area (Å²) < 4.78 is 5.07. The van der Waals surface area contributed by atoms with Crippen LogP contribution in [0.4, 0.5) is 0 Å². The number of hydrogen-bond donors (Lipinski definition) is 0. The molecule has 1 aromatic rings. The molecule has 23 heavy (non-hydrogen) atoms. The van der Waals surface area contributed by atoms with Crippen molar-refractivity contribution >= 4 is 11.8 Å². The molecule has 2 aliphatic rings. The van der Waals surface area contributed by atoms with E-state index in [2.05, 4.69) is 19.1 Å². The van der Waals surface area contributed by atoms with E-state index in [0.717, 1.165) is 36.0 Å². The first kappa shape index (κ1) is 16.2. The Morgan fingerprint density at radius 1 is 1.17 bits per heavy atom. The molecule has 0 spiro atoms. The van der Waals surface area contributed by atoms with Crippen molar-refractivity contribution in [2.45, 2.75) is 52.9 Å². The summed E-state index contributed by atoms with van der Waals surface area (Å²) in [4.78, 5) is 25.8. The molecule has 0 aliphatic heterocycles. The van der Waals surface area contributed by atoms with Crippen LogP contribution < -0.4 is 0 Å². The van der Waals surface area contributed by atoms with E-state index >= 15 is 0 Å². The number of aryl methyl sites for hydroxylation is 3. The van der Waals surface area contributed by atoms with Crippen LogP contribution >= 0.6 is 0 Å². The van der Waals surface area contributed by atoms with Gasteiger partial charge in [0, 0.05) is 6.42 Å². The zero-order chi connectivity index (χ0) is 16.8. The van der Waals surface area contributed by atoms with Crippen LogP contribution in [0.3, 0.4) is 0 Å². The molecule has 2 bridgehead atoms. The van der Waals surface area contributed by atoms with E-state index in [1.165, 1.54) is 12.7 Å². The third-order valence-electron chi connectivity index (χ3n) is 6.07. The van der Waals surface area contributed by atoms with Crippen molar-refractivity contribution in [3.63, 3.8) is 0 Å². The summed E-state index contributed by atoms with van der Waals surface area (Å²) in [6.07, 6.45) is 4.17. The van der Waals surface area contributed by atoms with Gasteiger partial charge >= 0.3 is 5.97 Å². The molecule has 0 saturated heterocycles. The van der Waals surface area contributed by atoms with Crippen LogP contribution in [0.1, 0.15) is 47.9 Å². The lowest BCUT2D eigenvalue weighted by Crippen LogP contribution is -2.45. The molecular formula is C20H26O3. The van der Waals surface area contributed by atoms with Gasteiger partial charge in [-0.2, -0.15) is 0 Å². The Labute approximate surface area is 138 Å². The van der Waals surface area contributed by atoms with Crippen LogP contribution in [0.25, 0.3) is 0 Å². The normalized spacial score (nSPS) is 28.9. The van der Waals surface area contributed by atoms with Gasteiger partial charge in [-0.05, 0) is 68.6 Å². The predicted octanol–water partition coefficient (Wildman–Crippen LogP) is 3.70. The Balaban J connectivity index is 1.93. The zero-order valence-corrected chi connectivity index (χ0v) is 14.6. The van der Waals surface area contributed by atoms with Crippen molar-refractivity contribution < 1.29 is 14.3 Å². The highest BCUT2D eigenvalue weighted by atomic mass is 16.5. The fraction of sp³-hybridized carbons (Fsp3) is 0.600. The molecule has 3 heteroatoms. The molecule has 3 nitrogen and oxygen atoms in total. The van der Waals surface area contributed by atoms with E-state index in [1.807, 2.05) is 13.8 Å². The number of rotatable bonds is 4. The Bertz CT molecular complexity index is 638. The number of fused-ring (bicyclic) bond motifs is 2. The third kappa shape index (κ3) is 2.50. The first-order valence-electron chi connectivity index (χ1n) is 8.57. The number of methoxy groups -OCH3 is 1. The van der Waals surface area contributed by atoms with Crippen molar-refractivity contribution in [2.24, 2.45) is 17.3 Å². The van der Waals surface area contributed by atoms with E-state index in [-0.39, 0.29) is 17.7 Å². The molecule has 3 atom stereocenters. The molecule has 3 unspecified atom stereocenters. The molecule has 124 valence electrons. The number of ether oxygens (including phenoxy) is 1. The summed E-state index contributed by atoms with van der Waals surface area (Å²) in [5.74, 6) is 0.450. The lowest BCUT2D eigenvalue weighted by molar-refractivity contribution is -0.161. The van der Waals surface area contributed by atoms with E-state index in [1.54, 1.807) is 0 Å². The van der Waals surface area contributed by atoms with Gasteiger partial charge in [-0.3, -0.25) is 9.59 Å². The fourth-order valence-electron chi connectivity index (χ4n) is 5.02. The lowest BCUT2D eigenvalue weighted by Gasteiger charge is -2.33. The van der Waals surface area contributed by atoms with Crippen LogP contribution in [-0.2, 0) is 20.7 Å². The van der Waals surface area contributed by atoms with Crippen LogP contribution in [-0.4, -0.2) is 18.9 Å². The van der Waals surface area contributed by atoms with E-state index in [4.69, 9.17) is 4.74 Å². The number of carbonyl (C=O) groups excluding carboxylic acids is 2. The highest BCUT2D eigenvalue weighted by molar-refractivity contribution is 6.05. The van der Waals surface area contributed by atoms with Gasteiger partial charge in [-0.25, -0.2) is 0 Å². The van der Waals surface area contributed by atoms with Crippen molar-refractivity contribution in [3.05, 3.63) is 34.4 Å². The number of carbonyl (C=O) groups is 2. The molecular weight excluding hydrogens is 288 g/mol. The molecule has 0 radical (unpaired) electrons. The molecule has 3 rings (SSSR count). The maximum Gasteiger partial charge on any atom is 0.319 e. The minimum Gasteiger partial charge on any atom is -0.468 e. The molecule has 0 amide bonds. The van der Waals surface area contributed by atoms with Gasteiger partial charge in [-0.1, -0.05) is 24.1 Å². The SMILES string of the molecule is COC(=O)C1(C(=O)Cc2c(C)cc(C)cc2C)CC2CCC1C2. The summed E-state index contributed by atoms with van der Waals surface area (Å²) in [7, 11) is 1.41. The van der Waals surface area contributed by atoms with E-state index in [0.29, 0.717) is 18.8 Å². The van der Waals surface area contributed by atoms with Gasteiger partial charge in [0.15, 0.2) is 5.78 Å². The van der Waals surface area contributed by atoms with Gasteiger partial charge in [0.1, 0.15) is 5.41 Å². The van der Waals surface area contributed by atoms with Crippen molar-refractivity contribution in [1.82, 2.24) is 0 Å². The number of Topliss-reactive ketones (excluding diaryl/α,β-unsaturated/α-hetero) is 1. The smallest absolute Gasteiger partial charge is 0.319 e. The zero-order valence-electron chi connectivity index (χ0n) is 14.6. The molecule has 1 aromatic carbocycles. The number of hydrogen-bond acceptors (Lipinski definition) is 3. The topological polar surface area (TPSA) is 43.4 Å². The van der Waals surface area contributed by atoms with Crippen molar-refractivity contribution in [1.29, 1.82) is 0 Å². The van der Waals surface area contributed by atoms with Gasteiger partial charge in [0.2, 0.25) is 0 Å². The number of benzene rings is 1. The maximum atomic E-state index is 13.2. The highest BCUT2D eigenvalue weighted by Gasteiger charge is 2.60. The first-order valence-corrected chi connectivity index (χ1v) is 8.57. The molecule has 0 aromatic heterocycles. The summed E-state index contributed by atoms with van der Waals surface area (Å²) in [5, 5.41) is 0. The molecule has 2 saturated carbocycles. The number of esters is 1. The Morgan fingerprint density at radius 3 is 2.30 bits per heavy atom. The fourth-order valence-corrected chi connectivity index (χ4v) is 5.02. The maximum absolute atomic E-state index is 13.2. The summed E-state index contributed by atoms with van der Waals surface area (Å²) >= 11 is 0. The van der Waals surface area contributed by atoms with Gasteiger partial charge in [-0.15, -0.1) is 0 Å². The largest absolute Gasteiger partial charge is 0.468 e. The minimum atomic E-state index is -0.887. The lowest BCUT2D eigenvalue weighted by atomic mass is 9.68. The van der Waals surface area contributed by atoms with Crippen LogP contribution in [0.5, 0.6) is 0 Å². The third-order valence-corrected chi connectivity index (χ3v) is 6.07. The molecule has 2 aliphatic carbocycles. The summed E-state index contributed by atoms with van der Waals surface area (Å²) in [5.41, 5.74) is 3.67. The standard InChI is InChI=1S/C20H26O3/c1-12-7-13(2)17(14(3)8-12)10-18(21)20(19(22)23-4)11-15-5-6-16(20)9-15/h7-8,15-16H,5-6,9-11H2,1-4H3. The quantitative estimate of drug-likeness (QED) is 0.628. The average molecular weight is 314 g/mol. The molecule has 0 N–H and O–H groups in total. The van der Waals surface area contributed by atoms with E-state index < -0.39 is 5.41 Å². The van der Waals surface area contributed by atoms with Crippen LogP contribution in [0.2, 0.25) is 0 Å². The Morgan fingerprint density at radius 2 is 1.83 bits per heavy atom. The van der Waals surface area contributed by atoms with E-state index in [9.17, 15) is 9.59 Å². The predicted molar refractivity (Wildman–Crippen MR) is 89.3 cm³/mol. The van der Waals surface area contributed by atoms with Gasteiger partial charge < -0.3 is 4.74 Å². The molecule has 0 heterocycles. The second kappa shape index (κ2) is 5.77. The second-order valence-corrected chi connectivity index (χ2v) is 7.52. The van der Waals surface area contributed by atoms with Gasteiger partial charge in [0.25, 0.3) is 0 Å². The average Bonchev–Trinajstić information content (AvgIpc) is 3.11. The summed E-state index contributed by atoms with van der Waals surface area (Å²) in [6.45, 7) is 6.17. The van der Waals surface area contributed by atoms with Crippen molar-refractivity contribution in [3.8, 4) is 0 Å². The first-order chi connectivity index (χ1) is 10.9.